The zero-order valence-electron chi connectivity index (χ0n) is 13.6. The Morgan fingerprint density at radius 1 is 1.14 bits per heavy atom. The maximum atomic E-state index is 12.0. The molecule has 2 rings (SSSR count). The third kappa shape index (κ3) is 4.97. The van der Waals surface area contributed by atoms with Crippen molar-refractivity contribution in [2.24, 2.45) is 11.8 Å². The van der Waals surface area contributed by atoms with Crippen LogP contribution >= 0.6 is 0 Å². The molecule has 0 bridgehead atoms. The van der Waals surface area contributed by atoms with Crippen LogP contribution in [0.1, 0.15) is 64.2 Å². The maximum absolute atomic E-state index is 12.0. The molecule has 2 N–H and O–H groups in total. The highest BCUT2D eigenvalue weighted by Crippen LogP contribution is 2.32. The van der Waals surface area contributed by atoms with Crippen LogP contribution in [0.4, 0.5) is 0 Å². The van der Waals surface area contributed by atoms with Gasteiger partial charge in [-0.25, -0.2) is 0 Å². The smallest absolute Gasteiger partial charge is 0.308 e. The molecule has 0 heterocycles. The monoisotopic (exact) mass is 311 g/mol. The number of aliphatic hydroxyl groups is 1. The van der Waals surface area contributed by atoms with Crippen molar-refractivity contribution in [2.75, 3.05) is 13.7 Å². The van der Waals surface area contributed by atoms with Crippen molar-refractivity contribution in [1.82, 2.24) is 5.32 Å². The van der Waals surface area contributed by atoms with Gasteiger partial charge in [0.15, 0.2) is 0 Å². The van der Waals surface area contributed by atoms with Crippen LogP contribution in [0.2, 0.25) is 0 Å². The molecule has 0 aliphatic heterocycles. The molecule has 0 radical (unpaired) electrons. The molecule has 0 unspecified atom stereocenters. The third-order valence-electron chi connectivity index (χ3n) is 5.26. The van der Waals surface area contributed by atoms with Crippen LogP contribution in [0.25, 0.3) is 0 Å². The van der Waals surface area contributed by atoms with E-state index >= 15 is 0 Å². The fourth-order valence-electron chi connectivity index (χ4n) is 3.72. The lowest BCUT2D eigenvalue weighted by Gasteiger charge is -2.35. The molecule has 5 nitrogen and oxygen atoms in total. The Morgan fingerprint density at radius 3 is 2.36 bits per heavy atom. The number of methoxy groups -OCH3 is 1. The van der Waals surface area contributed by atoms with Gasteiger partial charge in [0.2, 0.25) is 5.91 Å². The van der Waals surface area contributed by atoms with E-state index in [1.807, 2.05) is 0 Å². The average molecular weight is 311 g/mol. The predicted octanol–water partition coefficient (Wildman–Crippen LogP) is 2.17. The van der Waals surface area contributed by atoms with Gasteiger partial charge in [-0.1, -0.05) is 19.3 Å². The second kappa shape index (κ2) is 7.95. The fourth-order valence-corrected chi connectivity index (χ4v) is 3.72. The second-order valence-corrected chi connectivity index (χ2v) is 7.01. The Labute approximate surface area is 132 Å². The lowest BCUT2D eigenvalue weighted by atomic mass is 9.78. The summed E-state index contributed by atoms with van der Waals surface area (Å²) in [6.45, 7) is 0.298. The van der Waals surface area contributed by atoms with Crippen molar-refractivity contribution in [3.05, 3.63) is 0 Å². The first-order chi connectivity index (χ1) is 10.5. The van der Waals surface area contributed by atoms with Crippen LogP contribution in [0.3, 0.4) is 0 Å². The number of nitrogens with one attached hydrogen (secondary N) is 1. The molecule has 5 heteroatoms. The summed E-state index contributed by atoms with van der Waals surface area (Å²) in [6, 6.07) is 0. The van der Waals surface area contributed by atoms with Crippen LogP contribution in [-0.4, -0.2) is 36.2 Å². The Bertz CT molecular complexity index is 382. The minimum Gasteiger partial charge on any atom is -0.469 e. The lowest BCUT2D eigenvalue weighted by Crippen LogP contribution is -2.46. The number of carbonyl (C=O) groups is 2. The zero-order valence-corrected chi connectivity index (χ0v) is 13.6. The lowest BCUT2D eigenvalue weighted by molar-refractivity contribution is -0.148. The van der Waals surface area contributed by atoms with E-state index in [0.717, 1.165) is 12.8 Å². The fraction of sp³-hybridized carbons (Fsp3) is 0.882. The van der Waals surface area contributed by atoms with Gasteiger partial charge in [0.25, 0.3) is 0 Å². The van der Waals surface area contributed by atoms with Gasteiger partial charge in [-0.3, -0.25) is 9.59 Å². The highest BCUT2D eigenvalue weighted by Gasteiger charge is 2.36. The van der Waals surface area contributed by atoms with Gasteiger partial charge in [0.1, 0.15) is 0 Å². The number of carbonyl (C=O) groups excluding carboxylic acids is 2. The summed E-state index contributed by atoms with van der Waals surface area (Å²) in [5.41, 5.74) is -0.868. The largest absolute Gasteiger partial charge is 0.469 e. The van der Waals surface area contributed by atoms with E-state index in [4.69, 9.17) is 4.74 Å². The van der Waals surface area contributed by atoms with E-state index in [2.05, 4.69) is 5.32 Å². The minimum atomic E-state index is -0.868. The summed E-state index contributed by atoms with van der Waals surface area (Å²) < 4.78 is 4.75. The van der Waals surface area contributed by atoms with Gasteiger partial charge in [0.05, 0.1) is 18.6 Å². The molecule has 2 aliphatic rings. The quantitative estimate of drug-likeness (QED) is 0.763. The van der Waals surface area contributed by atoms with Crippen molar-refractivity contribution in [3.8, 4) is 0 Å². The van der Waals surface area contributed by atoms with Crippen LogP contribution in [0.15, 0.2) is 0 Å². The van der Waals surface area contributed by atoms with E-state index in [0.29, 0.717) is 44.6 Å². The molecule has 22 heavy (non-hydrogen) atoms. The van der Waals surface area contributed by atoms with Crippen LogP contribution in [-0.2, 0) is 14.3 Å². The standard InChI is InChI=1S/C17H29NO4/c1-22-16(20)14-7-9-17(21,10-8-14)12-18-15(19)11-13-5-3-2-4-6-13/h13-14,21H,2-12H2,1H3,(H,18,19). The molecule has 0 aromatic carbocycles. The van der Waals surface area contributed by atoms with Crippen LogP contribution in [0, 0.1) is 11.8 Å². The van der Waals surface area contributed by atoms with Crippen molar-refractivity contribution in [1.29, 1.82) is 0 Å². The SMILES string of the molecule is COC(=O)C1CCC(O)(CNC(=O)CC2CCCCC2)CC1. The molecule has 126 valence electrons. The molecule has 0 atom stereocenters. The summed E-state index contributed by atoms with van der Waals surface area (Å²) in [5, 5.41) is 13.4. The van der Waals surface area contributed by atoms with E-state index in [1.165, 1.54) is 26.4 Å². The number of rotatable bonds is 5. The Hall–Kier alpha value is -1.10. The first kappa shape index (κ1) is 17.3. The van der Waals surface area contributed by atoms with Gasteiger partial charge < -0.3 is 15.2 Å². The molecule has 0 spiro atoms. The van der Waals surface area contributed by atoms with Crippen LogP contribution < -0.4 is 5.32 Å². The maximum Gasteiger partial charge on any atom is 0.308 e. The number of ether oxygens (including phenoxy) is 1. The normalized spacial score (nSPS) is 29.8. The van der Waals surface area contributed by atoms with Gasteiger partial charge >= 0.3 is 5.97 Å². The summed E-state index contributed by atoms with van der Waals surface area (Å²) >= 11 is 0. The molecule has 0 aromatic heterocycles. The highest BCUT2D eigenvalue weighted by atomic mass is 16.5. The van der Waals surface area contributed by atoms with E-state index in [-0.39, 0.29) is 17.8 Å². The minimum absolute atomic E-state index is 0.0513. The van der Waals surface area contributed by atoms with Crippen molar-refractivity contribution >= 4 is 11.9 Å². The summed E-state index contributed by atoms with van der Waals surface area (Å²) in [6.07, 6.45) is 8.97. The molecule has 2 fully saturated rings. The summed E-state index contributed by atoms with van der Waals surface area (Å²) in [7, 11) is 1.40. The van der Waals surface area contributed by atoms with Gasteiger partial charge in [0, 0.05) is 13.0 Å². The second-order valence-electron chi connectivity index (χ2n) is 7.01. The zero-order chi connectivity index (χ0) is 16.0. The van der Waals surface area contributed by atoms with Gasteiger partial charge in [-0.2, -0.15) is 0 Å². The van der Waals surface area contributed by atoms with Crippen molar-refractivity contribution in [3.63, 3.8) is 0 Å². The van der Waals surface area contributed by atoms with Gasteiger partial charge in [-0.15, -0.1) is 0 Å². The highest BCUT2D eigenvalue weighted by molar-refractivity contribution is 5.76. The van der Waals surface area contributed by atoms with Crippen molar-refractivity contribution < 1.29 is 19.4 Å². The topological polar surface area (TPSA) is 75.6 Å². The average Bonchev–Trinajstić information content (AvgIpc) is 2.54. The molecular formula is C17H29NO4. The number of hydrogen-bond donors (Lipinski definition) is 2. The van der Waals surface area contributed by atoms with E-state index in [9.17, 15) is 14.7 Å². The van der Waals surface area contributed by atoms with Gasteiger partial charge in [-0.05, 0) is 44.4 Å². The molecule has 0 saturated heterocycles. The first-order valence-electron chi connectivity index (χ1n) is 8.59. The number of hydrogen-bond acceptors (Lipinski definition) is 4. The molecule has 2 saturated carbocycles. The first-order valence-corrected chi connectivity index (χ1v) is 8.59. The van der Waals surface area contributed by atoms with E-state index < -0.39 is 5.60 Å². The Kier molecular flexibility index (Phi) is 6.24. The third-order valence-corrected chi connectivity index (χ3v) is 5.26. The number of amides is 1. The molecule has 0 aromatic rings. The molecule has 1 amide bonds. The molecule has 2 aliphatic carbocycles. The van der Waals surface area contributed by atoms with Crippen LogP contribution in [0.5, 0.6) is 0 Å². The number of esters is 1. The summed E-state index contributed by atoms with van der Waals surface area (Å²) in [5.74, 6) is 0.264. The van der Waals surface area contributed by atoms with E-state index in [1.54, 1.807) is 0 Å². The Morgan fingerprint density at radius 2 is 1.77 bits per heavy atom. The predicted molar refractivity (Wildman–Crippen MR) is 83.1 cm³/mol. The van der Waals surface area contributed by atoms with Crippen molar-refractivity contribution in [2.45, 2.75) is 69.8 Å². The Balaban J connectivity index is 1.69. The summed E-state index contributed by atoms with van der Waals surface area (Å²) in [4.78, 5) is 23.5. The molecular weight excluding hydrogens is 282 g/mol.